The Balaban J connectivity index is 0.000000127. The van der Waals surface area contributed by atoms with Crippen LogP contribution in [0.15, 0.2) is 140 Å². The molecule has 1 saturated heterocycles. The number of hydrogen-bond acceptors (Lipinski definition) is 24. The van der Waals surface area contributed by atoms with Crippen LogP contribution in [0.25, 0.3) is 45.0 Å². The van der Waals surface area contributed by atoms with Gasteiger partial charge < -0.3 is 62.1 Å². The average Bonchev–Trinajstić information content (AvgIpc) is 1.76. The summed E-state index contributed by atoms with van der Waals surface area (Å²) < 4.78 is 0. The minimum absolute atomic E-state index is 0.497. The monoisotopic (exact) mass is 1740 g/mol. The largest absolute Gasteiger partial charge is 0.355 e. The highest BCUT2D eigenvalue weighted by Crippen LogP contribution is 2.41. The number of thiocarbonyl (C=S) groups is 4. The Hall–Kier alpha value is -11.2. The Kier molecular flexibility index (Phi) is 26.5. The SMILES string of the molecule is Cc1ccc2c(c1)NC(=S)Cc1cnc(Nc3c(C)ccnc3C)nc1-2.Cc1ccc2c(c1)NC(=S)Cc1cnc(Nc3ccc(N(C)C4CCN(C)C4)nc3C)nc1-2.Cc1nc(CCCN(C)C)ccc1Nc1ncc2c(n1)-c1ccc(Cl)cc1NC(=S)C2.Cc1nc2c(cc1Nc1ncc3c(n1)-c1ccc(Cl)cc1NC(=S)C3)CC(N(C)C)CC2. The van der Waals surface area contributed by atoms with Gasteiger partial charge in [0.25, 0.3) is 0 Å². The van der Waals surface area contributed by atoms with E-state index in [2.05, 4.69) is 204 Å². The maximum Gasteiger partial charge on any atom is 0.227 e. The van der Waals surface area contributed by atoms with E-state index in [9.17, 15) is 0 Å². The molecule has 0 saturated carbocycles. The first-order chi connectivity index (χ1) is 58.6. The summed E-state index contributed by atoms with van der Waals surface area (Å²) in [7, 11) is 12.8. The smallest absolute Gasteiger partial charge is 0.227 e. The van der Waals surface area contributed by atoms with E-state index in [-0.39, 0.29) is 0 Å². The second-order valence-corrected chi connectivity index (χ2v) is 35.1. The van der Waals surface area contributed by atoms with Crippen molar-refractivity contribution in [3.8, 4) is 45.0 Å². The van der Waals surface area contributed by atoms with Crippen molar-refractivity contribution in [2.24, 2.45) is 0 Å². The number of likely N-dealkylation sites (N-methyl/N-ethyl adjacent to an activating group) is 3. The van der Waals surface area contributed by atoms with Crippen molar-refractivity contribution in [3.05, 3.63) is 229 Å². The van der Waals surface area contributed by atoms with Gasteiger partial charge in [-0.15, -0.1) is 0 Å². The molecule has 1 aliphatic carbocycles. The van der Waals surface area contributed by atoms with Crippen molar-refractivity contribution in [2.45, 2.75) is 125 Å². The zero-order valence-electron chi connectivity index (χ0n) is 70.7. The van der Waals surface area contributed by atoms with Crippen molar-refractivity contribution in [2.75, 3.05) is 109 Å². The normalized spacial score (nSPS) is 15.2. The first kappa shape index (κ1) is 85.8. The highest BCUT2D eigenvalue weighted by Gasteiger charge is 2.29. The third kappa shape index (κ3) is 20.4. The van der Waals surface area contributed by atoms with E-state index in [1.54, 1.807) is 6.20 Å². The Morgan fingerprint density at radius 3 is 1.35 bits per heavy atom. The first-order valence-electron chi connectivity index (χ1n) is 40.8. The van der Waals surface area contributed by atoms with Crippen LogP contribution < -0.4 is 47.4 Å². The fraction of sp³-hybridized carbons (Fsp3) is 0.304. The van der Waals surface area contributed by atoms with Crippen LogP contribution >= 0.6 is 72.1 Å². The predicted octanol–water partition coefficient (Wildman–Crippen LogP) is 18.8. The minimum Gasteiger partial charge on any atom is -0.355 e. The van der Waals surface area contributed by atoms with E-state index in [4.69, 9.17) is 107 Å². The molecule has 8 aromatic heterocycles. The molecule has 30 heteroatoms. The van der Waals surface area contributed by atoms with Gasteiger partial charge in [0, 0.05) is 171 Å². The topological polar surface area (TPSA) is 264 Å². The van der Waals surface area contributed by atoms with Crippen LogP contribution in [-0.4, -0.2) is 168 Å². The summed E-state index contributed by atoms with van der Waals surface area (Å²) in [6, 6.07) is 37.5. The Bertz CT molecular complexity index is 6040. The molecule has 0 amide bonds. The van der Waals surface area contributed by atoms with Crippen molar-refractivity contribution in [1.29, 1.82) is 0 Å². The summed E-state index contributed by atoms with van der Waals surface area (Å²) in [4.78, 5) is 68.5. The molecule has 0 spiro atoms. The van der Waals surface area contributed by atoms with E-state index >= 15 is 0 Å². The molecule has 4 aromatic carbocycles. The van der Waals surface area contributed by atoms with Gasteiger partial charge in [-0.05, 0) is 243 Å². The average molecular weight is 1740 g/mol. The van der Waals surface area contributed by atoms with E-state index < -0.39 is 0 Å². The van der Waals surface area contributed by atoms with Crippen molar-refractivity contribution in [3.63, 3.8) is 0 Å². The number of nitrogens with zero attached hydrogens (tertiary/aromatic N) is 16. The number of fused-ring (bicyclic) bond motifs is 13. The second-order valence-electron chi connectivity index (χ2n) is 32.3. The number of hydrogen-bond donors (Lipinski definition) is 8. The Morgan fingerprint density at radius 2 is 0.902 bits per heavy atom. The lowest BCUT2D eigenvalue weighted by atomic mass is 9.90. The molecular formula is C92H98Cl2N24S4. The third-order valence-electron chi connectivity index (χ3n) is 22.4. The summed E-state index contributed by atoms with van der Waals surface area (Å²) in [5.74, 6) is 3.17. The van der Waals surface area contributed by atoms with Gasteiger partial charge in [-0.3, -0.25) is 15.0 Å². The molecule has 2 unspecified atom stereocenters. The molecule has 13 heterocycles. The molecule has 18 rings (SSSR count). The van der Waals surface area contributed by atoms with Crippen molar-refractivity contribution in [1.82, 2.24) is 74.5 Å². The Morgan fingerprint density at radius 1 is 0.451 bits per heavy atom. The van der Waals surface area contributed by atoms with Crippen molar-refractivity contribution < 1.29 is 0 Å². The molecule has 12 aromatic rings. The standard InChI is InChI=1S/C25H29N7S.C24H25ClN6S.C23H25ClN6S.C20H19N5S/c1-15-5-6-19-21(11-15)28-23(33)12-17-13-26-25(30-24(17)19)29-20-7-8-22(27-16(20)2)32(4)18-9-10-31(3)14-18;1-13-20(9-14-8-17(31(2)3)5-7-19(14)27-13)29-24-26-12-15-10-22(32)28-21-11-16(25)4-6-18(21)23(15)30-24;1-14-19(9-7-17(26-14)5-4-10-30(2)3)28-23-25-13-15-11-21(31)27-20-12-16(24)6-8-18(20)22(15)29-23;1-11-4-5-15-16(8-11)23-17(26)9-14-10-22-20(25-19(14)15)24-18-12(2)6-7-21-13(18)3/h5-8,11,13,18H,9-10,12,14H2,1-4H3,(H,28,33)(H,26,29,30);4,6,9,11-12,17H,5,7-8,10H2,1-3H3,(H,28,32)(H,26,29,30);6-9,12-13H,4-5,10-11H2,1-3H3,(H,27,31)(H,25,28,29);4-8,10H,9H2,1-3H3,(H,23,26)(H,22,24,25). The second kappa shape index (κ2) is 37.7. The van der Waals surface area contributed by atoms with Crippen LogP contribution in [-0.2, 0) is 44.9 Å². The summed E-state index contributed by atoms with van der Waals surface area (Å²) in [6.07, 6.45) is 18.0. The Labute approximate surface area is 744 Å². The zero-order valence-corrected chi connectivity index (χ0v) is 75.4. The first-order valence-corrected chi connectivity index (χ1v) is 43.1. The number of pyridine rings is 4. The number of rotatable bonds is 15. The number of aryl methyl sites for hydroxylation is 9. The van der Waals surface area contributed by atoms with Gasteiger partial charge in [0.15, 0.2) is 0 Å². The lowest BCUT2D eigenvalue weighted by Gasteiger charge is -2.30. The van der Waals surface area contributed by atoms with Crippen LogP contribution in [0.1, 0.15) is 97.9 Å². The van der Waals surface area contributed by atoms with E-state index in [1.165, 1.54) is 22.4 Å². The summed E-state index contributed by atoms with van der Waals surface area (Å²) in [5.41, 5.74) is 29.7. The van der Waals surface area contributed by atoms with Gasteiger partial charge in [-0.2, -0.15) is 0 Å². The number of nitrogens with one attached hydrogen (secondary N) is 8. The molecular weight excluding hydrogens is 1640 g/mol. The zero-order chi connectivity index (χ0) is 85.7. The van der Waals surface area contributed by atoms with Gasteiger partial charge in [-0.1, -0.05) is 96.3 Å². The van der Waals surface area contributed by atoms with Gasteiger partial charge in [0.2, 0.25) is 23.8 Å². The molecule has 8 N–H and O–H groups in total. The van der Waals surface area contributed by atoms with Gasteiger partial charge in [0.05, 0.1) is 88.3 Å². The molecule has 5 aliphatic heterocycles. The highest BCUT2D eigenvalue weighted by molar-refractivity contribution is 7.81. The molecule has 24 nitrogen and oxygen atoms in total. The van der Waals surface area contributed by atoms with Crippen LogP contribution in [0, 0.1) is 48.5 Å². The van der Waals surface area contributed by atoms with E-state index in [1.807, 2.05) is 108 Å². The third-order valence-corrected chi connectivity index (χ3v) is 23.9. The summed E-state index contributed by atoms with van der Waals surface area (Å²) >= 11 is 34.3. The highest BCUT2D eigenvalue weighted by atomic mass is 35.5. The lowest BCUT2D eigenvalue weighted by Crippen LogP contribution is -2.34. The molecule has 624 valence electrons. The fourth-order valence-electron chi connectivity index (χ4n) is 15.8. The number of likely N-dealkylation sites (tertiary alicyclic amines) is 1. The van der Waals surface area contributed by atoms with Crippen LogP contribution in [0.4, 0.5) is 75.1 Å². The minimum atomic E-state index is 0.497. The van der Waals surface area contributed by atoms with Crippen LogP contribution in [0.2, 0.25) is 10.0 Å². The van der Waals surface area contributed by atoms with Gasteiger partial charge in [0.1, 0.15) is 5.82 Å². The number of aromatic nitrogens is 12. The quantitative estimate of drug-likeness (QED) is 0.0444. The molecule has 1 fully saturated rings. The van der Waals surface area contributed by atoms with Crippen LogP contribution in [0.3, 0.4) is 0 Å². The summed E-state index contributed by atoms with van der Waals surface area (Å²) in [5, 5.41) is 28.0. The van der Waals surface area contributed by atoms with Gasteiger partial charge in [-0.25, -0.2) is 44.9 Å². The number of anilines is 13. The molecule has 122 heavy (non-hydrogen) atoms. The maximum absolute atomic E-state index is 6.21. The number of benzene rings is 4. The predicted molar refractivity (Wildman–Crippen MR) is 514 cm³/mol. The fourth-order valence-corrected chi connectivity index (χ4v) is 17.2. The van der Waals surface area contributed by atoms with E-state index in [0.29, 0.717) is 71.6 Å². The molecule has 2 atom stereocenters. The molecule has 6 aliphatic rings. The van der Waals surface area contributed by atoms with E-state index in [0.717, 1.165) is 231 Å². The summed E-state index contributed by atoms with van der Waals surface area (Å²) in [6.45, 7) is 17.5. The maximum atomic E-state index is 6.21. The molecule has 0 bridgehead atoms. The van der Waals surface area contributed by atoms with Gasteiger partial charge >= 0.3 is 0 Å². The lowest BCUT2D eigenvalue weighted by molar-refractivity contribution is 0.266. The number of halogens is 2. The molecule has 0 radical (unpaired) electrons. The van der Waals surface area contributed by atoms with Crippen molar-refractivity contribution >= 4 is 167 Å². The van der Waals surface area contributed by atoms with Crippen LogP contribution in [0.5, 0.6) is 0 Å².